The molecule has 0 atom stereocenters. The maximum Gasteiger partial charge on any atom is 0.151 e. The molecule has 1 aliphatic heterocycles. The molecule has 5 nitrogen and oxygen atoms in total. The Morgan fingerprint density at radius 3 is 2.53 bits per heavy atom. The van der Waals surface area contributed by atoms with Crippen LogP contribution in [0.1, 0.15) is 5.56 Å². The zero-order chi connectivity index (χ0) is 12.4. The van der Waals surface area contributed by atoms with E-state index in [1.54, 1.807) is 10.9 Å². The first-order chi connectivity index (χ1) is 8.13. The molecule has 1 aliphatic rings. The molecule has 2 rings (SSSR count). The number of hydrogen-bond donors (Lipinski definition) is 0. The summed E-state index contributed by atoms with van der Waals surface area (Å²) >= 11 is 5.24. The van der Waals surface area contributed by atoms with Crippen LogP contribution in [-0.4, -0.2) is 47.7 Å². The number of nitriles is 1. The molecule has 0 unspecified atom stereocenters. The lowest BCUT2D eigenvalue weighted by Crippen LogP contribution is -2.45. The van der Waals surface area contributed by atoms with Gasteiger partial charge in [0.1, 0.15) is 16.3 Å². The fourth-order valence-corrected chi connectivity index (χ4v) is 2.07. The molecule has 1 fully saturated rings. The van der Waals surface area contributed by atoms with E-state index in [1.165, 1.54) is 0 Å². The second kappa shape index (κ2) is 4.82. The van der Waals surface area contributed by atoms with Crippen LogP contribution in [0.5, 0.6) is 0 Å². The molecule has 1 aromatic rings. The van der Waals surface area contributed by atoms with E-state index >= 15 is 0 Å². The van der Waals surface area contributed by atoms with Gasteiger partial charge in [-0.05, 0) is 7.05 Å². The molecule has 6 heteroatoms. The molecule has 2 heterocycles. The summed E-state index contributed by atoms with van der Waals surface area (Å²) in [5.74, 6) is 0.726. The second-order valence-electron chi connectivity index (χ2n) is 4.26. The van der Waals surface area contributed by atoms with Crippen molar-refractivity contribution in [1.82, 2.24) is 14.5 Å². The van der Waals surface area contributed by atoms with Crippen LogP contribution < -0.4 is 4.90 Å². The molecular formula is C11H15N5S. The number of piperazine rings is 1. The first kappa shape index (κ1) is 12.0. The monoisotopic (exact) mass is 249 g/mol. The molecular weight excluding hydrogens is 234 g/mol. The van der Waals surface area contributed by atoms with E-state index in [1.807, 2.05) is 7.05 Å². The highest BCUT2D eigenvalue weighted by atomic mass is 32.1. The number of aromatic nitrogens is 2. The van der Waals surface area contributed by atoms with E-state index < -0.39 is 0 Å². The minimum atomic E-state index is 0.509. The van der Waals surface area contributed by atoms with E-state index in [2.05, 4.69) is 27.9 Å². The predicted octanol–water partition coefficient (Wildman–Crippen LogP) is 0.773. The molecule has 90 valence electrons. The van der Waals surface area contributed by atoms with E-state index in [4.69, 9.17) is 12.2 Å². The lowest BCUT2D eigenvalue weighted by atomic mass is 10.2. The van der Waals surface area contributed by atoms with Gasteiger partial charge in [-0.2, -0.15) is 5.26 Å². The summed E-state index contributed by atoms with van der Waals surface area (Å²) in [6, 6.07) is 2.17. The smallest absolute Gasteiger partial charge is 0.151 e. The molecule has 0 spiro atoms. The third kappa shape index (κ3) is 2.30. The largest absolute Gasteiger partial charge is 0.353 e. The van der Waals surface area contributed by atoms with Gasteiger partial charge in [0.05, 0.1) is 6.33 Å². The van der Waals surface area contributed by atoms with Gasteiger partial charge in [0.25, 0.3) is 0 Å². The molecule has 0 saturated carbocycles. The Morgan fingerprint density at radius 2 is 1.94 bits per heavy atom. The second-order valence-corrected chi connectivity index (χ2v) is 4.65. The number of rotatable bonds is 1. The quantitative estimate of drug-likeness (QED) is 0.688. The normalized spacial score (nSPS) is 16.9. The van der Waals surface area contributed by atoms with Crippen molar-refractivity contribution in [3.8, 4) is 6.07 Å². The van der Waals surface area contributed by atoms with E-state index in [-0.39, 0.29) is 0 Å². The summed E-state index contributed by atoms with van der Waals surface area (Å²) in [7, 11) is 3.91. The van der Waals surface area contributed by atoms with Gasteiger partial charge in [-0.15, -0.1) is 0 Å². The number of likely N-dealkylation sites (N-methyl/N-ethyl adjacent to an activating group) is 1. The summed E-state index contributed by atoms with van der Waals surface area (Å²) in [6.45, 7) is 3.75. The standard InChI is InChI=1S/C11H15N5S/c1-14-3-5-16(6-4-14)10-9(7-12)11(17)15(2)8-13-10/h8H,3-6H2,1-2H3. The van der Waals surface area contributed by atoms with Crippen LogP contribution in [0.3, 0.4) is 0 Å². The molecule has 0 N–H and O–H groups in total. The fraction of sp³-hybridized carbons (Fsp3) is 0.545. The zero-order valence-corrected chi connectivity index (χ0v) is 10.9. The summed E-state index contributed by atoms with van der Waals surface area (Å²) in [5.41, 5.74) is 0.509. The predicted molar refractivity (Wildman–Crippen MR) is 68.5 cm³/mol. The Balaban J connectivity index is 2.37. The van der Waals surface area contributed by atoms with Crippen molar-refractivity contribution in [2.45, 2.75) is 0 Å². The Labute approximate surface area is 106 Å². The van der Waals surface area contributed by atoms with Crippen molar-refractivity contribution in [2.24, 2.45) is 7.05 Å². The summed E-state index contributed by atoms with van der Waals surface area (Å²) in [4.78, 5) is 8.74. The van der Waals surface area contributed by atoms with Crippen LogP contribution in [0.2, 0.25) is 0 Å². The Bertz CT molecular complexity index is 508. The lowest BCUT2D eigenvalue weighted by Gasteiger charge is -2.33. The third-order valence-corrected chi connectivity index (χ3v) is 3.52. The van der Waals surface area contributed by atoms with Crippen molar-refractivity contribution in [3.63, 3.8) is 0 Å². The van der Waals surface area contributed by atoms with E-state index in [0.717, 1.165) is 32.0 Å². The SMILES string of the molecule is CN1CCN(c2ncn(C)c(=S)c2C#N)CC1. The highest BCUT2D eigenvalue weighted by Crippen LogP contribution is 2.18. The average molecular weight is 249 g/mol. The summed E-state index contributed by atoms with van der Waals surface area (Å²) in [5, 5.41) is 9.20. The first-order valence-corrected chi connectivity index (χ1v) is 5.93. The minimum Gasteiger partial charge on any atom is -0.353 e. The van der Waals surface area contributed by atoms with Crippen LogP contribution in [0, 0.1) is 16.0 Å². The van der Waals surface area contributed by atoms with Gasteiger partial charge in [-0.1, -0.05) is 12.2 Å². The van der Waals surface area contributed by atoms with E-state index in [0.29, 0.717) is 10.2 Å². The summed E-state index contributed by atoms with van der Waals surface area (Å²) < 4.78 is 2.25. The number of anilines is 1. The van der Waals surface area contributed by atoms with Crippen LogP contribution in [0.25, 0.3) is 0 Å². The van der Waals surface area contributed by atoms with Gasteiger partial charge in [0.15, 0.2) is 5.82 Å². The molecule has 17 heavy (non-hydrogen) atoms. The van der Waals surface area contributed by atoms with Gasteiger partial charge in [0, 0.05) is 33.2 Å². The molecule has 0 amide bonds. The van der Waals surface area contributed by atoms with Crippen LogP contribution in [0.15, 0.2) is 6.33 Å². The summed E-state index contributed by atoms with van der Waals surface area (Å²) in [6.07, 6.45) is 1.68. The number of hydrogen-bond acceptors (Lipinski definition) is 5. The lowest BCUT2D eigenvalue weighted by molar-refractivity contribution is 0.312. The van der Waals surface area contributed by atoms with Crippen LogP contribution in [-0.2, 0) is 7.05 Å². The van der Waals surface area contributed by atoms with Gasteiger partial charge in [-0.3, -0.25) is 0 Å². The van der Waals surface area contributed by atoms with Crippen molar-refractivity contribution in [1.29, 1.82) is 5.26 Å². The van der Waals surface area contributed by atoms with Gasteiger partial charge >= 0.3 is 0 Å². The Morgan fingerprint density at radius 1 is 1.29 bits per heavy atom. The minimum absolute atomic E-state index is 0.509. The van der Waals surface area contributed by atoms with Crippen LogP contribution >= 0.6 is 12.2 Å². The van der Waals surface area contributed by atoms with Crippen molar-refractivity contribution in [3.05, 3.63) is 16.5 Å². The fourth-order valence-electron chi connectivity index (χ4n) is 1.89. The molecule has 1 aromatic heterocycles. The van der Waals surface area contributed by atoms with Crippen LogP contribution in [0.4, 0.5) is 5.82 Å². The van der Waals surface area contributed by atoms with Gasteiger partial charge < -0.3 is 14.4 Å². The molecule has 1 saturated heterocycles. The van der Waals surface area contributed by atoms with Gasteiger partial charge in [-0.25, -0.2) is 4.98 Å². The van der Waals surface area contributed by atoms with Crippen molar-refractivity contribution in [2.75, 3.05) is 38.1 Å². The number of aryl methyl sites for hydroxylation is 1. The molecule has 0 aliphatic carbocycles. The molecule has 0 bridgehead atoms. The van der Waals surface area contributed by atoms with Crippen molar-refractivity contribution < 1.29 is 0 Å². The van der Waals surface area contributed by atoms with Crippen molar-refractivity contribution >= 4 is 18.0 Å². The maximum absolute atomic E-state index is 9.20. The Hall–Kier alpha value is -1.45. The van der Waals surface area contributed by atoms with E-state index in [9.17, 15) is 5.26 Å². The highest BCUT2D eigenvalue weighted by Gasteiger charge is 2.19. The molecule has 0 aromatic carbocycles. The first-order valence-electron chi connectivity index (χ1n) is 5.52. The average Bonchev–Trinajstić information content (AvgIpc) is 2.34. The maximum atomic E-state index is 9.20. The topological polar surface area (TPSA) is 48.1 Å². The third-order valence-electron chi connectivity index (χ3n) is 3.03. The highest BCUT2D eigenvalue weighted by molar-refractivity contribution is 7.71. The zero-order valence-electron chi connectivity index (χ0n) is 10.1. The van der Waals surface area contributed by atoms with Gasteiger partial charge in [0.2, 0.25) is 0 Å². The Kier molecular flexibility index (Phi) is 3.41. The molecule has 0 radical (unpaired) electrons. The number of nitrogens with zero attached hydrogens (tertiary/aromatic N) is 5.